The maximum Gasteiger partial charge on any atom is 0.259 e. The summed E-state index contributed by atoms with van der Waals surface area (Å²) in [5.74, 6) is 0.303. The number of hydrogen-bond donors (Lipinski definition) is 2. The highest BCUT2D eigenvalue weighted by Crippen LogP contribution is 2.24. The standard InChI is InChI=1S/C12H11ClN2O2/c1-7-9(4-5-17-7)12(16)15-11-3-2-8(14)6-10(11)13/h2-6H,14H2,1H3,(H,15,16). The summed E-state index contributed by atoms with van der Waals surface area (Å²) in [6.45, 7) is 1.72. The highest BCUT2D eigenvalue weighted by Gasteiger charge is 2.12. The van der Waals surface area contributed by atoms with Crippen molar-refractivity contribution in [1.29, 1.82) is 0 Å². The van der Waals surface area contributed by atoms with Crippen LogP contribution >= 0.6 is 11.6 Å². The molecule has 0 fully saturated rings. The van der Waals surface area contributed by atoms with Crippen LogP contribution in [0.1, 0.15) is 16.1 Å². The topological polar surface area (TPSA) is 68.3 Å². The first-order valence-corrected chi connectivity index (χ1v) is 5.36. The highest BCUT2D eigenvalue weighted by atomic mass is 35.5. The molecule has 0 aliphatic carbocycles. The van der Waals surface area contributed by atoms with E-state index in [4.69, 9.17) is 21.8 Å². The van der Waals surface area contributed by atoms with Crippen LogP contribution < -0.4 is 11.1 Å². The van der Waals surface area contributed by atoms with E-state index >= 15 is 0 Å². The van der Waals surface area contributed by atoms with Gasteiger partial charge in [-0.15, -0.1) is 0 Å². The molecular weight excluding hydrogens is 240 g/mol. The number of carbonyl (C=O) groups excluding carboxylic acids is 1. The first kappa shape index (κ1) is 11.5. The molecule has 3 N–H and O–H groups in total. The minimum Gasteiger partial charge on any atom is -0.469 e. The fourth-order valence-corrected chi connectivity index (χ4v) is 1.68. The number of benzene rings is 1. The normalized spacial score (nSPS) is 10.2. The number of nitrogens with two attached hydrogens (primary N) is 1. The van der Waals surface area contributed by atoms with Crippen molar-refractivity contribution >= 4 is 28.9 Å². The highest BCUT2D eigenvalue weighted by molar-refractivity contribution is 6.34. The van der Waals surface area contributed by atoms with Gasteiger partial charge in [0.1, 0.15) is 5.76 Å². The van der Waals surface area contributed by atoms with Crippen LogP contribution in [-0.4, -0.2) is 5.91 Å². The van der Waals surface area contributed by atoms with Crippen molar-refractivity contribution in [2.24, 2.45) is 0 Å². The van der Waals surface area contributed by atoms with E-state index in [1.54, 1.807) is 31.2 Å². The molecule has 17 heavy (non-hydrogen) atoms. The van der Waals surface area contributed by atoms with Gasteiger partial charge in [0.15, 0.2) is 0 Å². The number of halogens is 1. The molecule has 0 saturated heterocycles. The average Bonchev–Trinajstić information content (AvgIpc) is 2.68. The van der Waals surface area contributed by atoms with Gasteiger partial charge in [-0.1, -0.05) is 11.6 Å². The van der Waals surface area contributed by atoms with Gasteiger partial charge < -0.3 is 15.5 Å². The van der Waals surface area contributed by atoms with Crippen molar-refractivity contribution in [2.45, 2.75) is 6.92 Å². The number of anilines is 2. The Morgan fingerprint density at radius 3 is 2.76 bits per heavy atom. The summed E-state index contributed by atoms with van der Waals surface area (Å²) in [6.07, 6.45) is 1.47. The minimum atomic E-state index is -0.261. The number of amides is 1. The van der Waals surface area contributed by atoms with Gasteiger partial charge >= 0.3 is 0 Å². The molecular formula is C12H11ClN2O2. The lowest BCUT2D eigenvalue weighted by atomic mass is 10.2. The molecule has 0 spiro atoms. The van der Waals surface area contributed by atoms with Gasteiger partial charge in [-0.05, 0) is 31.2 Å². The van der Waals surface area contributed by atoms with Crippen molar-refractivity contribution in [2.75, 3.05) is 11.1 Å². The molecule has 1 aromatic heterocycles. The summed E-state index contributed by atoms with van der Waals surface area (Å²) in [5.41, 5.74) is 7.12. The molecule has 0 aliphatic heterocycles. The Hall–Kier alpha value is -1.94. The van der Waals surface area contributed by atoms with Crippen LogP contribution in [-0.2, 0) is 0 Å². The summed E-state index contributed by atoms with van der Waals surface area (Å²) in [6, 6.07) is 6.52. The second-order valence-electron chi connectivity index (χ2n) is 3.58. The van der Waals surface area contributed by atoms with Crippen LogP contribution in [0.4, 0.5) is 11.4 Å². The maximum atomic E-state index is 11.9. The molecule has 0 radical (unpaired) electrons. The van der Waals surface area contributed by atoms with Gasteiger partial charge in [-0.25, -0.2) is 0 Å². The Morgan fingerprint density at radius 1 is 1.41 bits per heavy atom. The third kappa shape index (κ3) is 2.42. The van der Waals surface area contributed by atoms with Crippen molar-refractivity contribution in [3.63, 3.8) is 0 Å². The lowest BCUT2D eigenvalue weighted by Crippen LogP contribution is -2.12. The largest absolute Gasteiger partial charge is 0.469 e. The lowest BCUT2D eigenvalue weighted by molar-refractivity contribution is 0.102. The molecule has 0 aliphatic rings. The SMILES string of the molecule is Cc1occc1C(=O)Nc1ccc(N)cc1Cl. The molecule has 1 amide bonds. The molecule has 5 heteroatoms. The summed E-state index contributed by atoms with van der Waals surface area (Å²) in [7, 11) is 0. The Labute approximate surface area is 103 Å². The summed E-state index contributed by atoms with van der Waals surface area (Å²) >= 11 is 5.96. The van der Waals surface area contributed by atoms with Gasteiger partial charge in [0.25, 0.3) is 5.91 Å². The van der Waals surface area contributed by atoms with E-state index in [0.29, 0.717) is 27.7 Å². The number of rotatable bonds is 2. The molecule has 1 aromatic carbocycles. The van der Waals surface area contributed by atoms with E-state index in [9.17, 15) is 4.79 Å². The lowest BCUT2D eigenvalue weighted by Gasteiger charge is -2.07. The van der Waals surface area contributed by atoms with Gasteiger partial charge in [0, 0.05) is 5.69 Å². The Morgan fingerprint density at radius 2 is 2.18 bits per heavy atom. The second-order valence-corrected chi connectivity index (χ2v) is 3.99. The molecule has 2 rings (SSSR count). The van der Waals surface area contributed by atoms with Crippen LogP contribution in [0.2, 0.25) is 5.02 Å². The quantitative estimate of drug-likeness (QED) is 0.805. The number of carbonyl (C=O) groups is 1. The van der Waals surface area contributed by atoms with Crippen molar-refractivity contribution in [3.8, 4) is 0 Å². The van der Waals surface area contributed by atoms with Crippen molar-refractivity contribution in [1.82, 2.24) is 0 Å². The van der Waals surface area contributed by atoms with Gasteiger partial charge in [0.05, 0.1) is 22.5 Å². The van der Waals surface area contributed by atoms with Gasteiger partial charge in [-0.2, -0.15) is 0 Å². The molecule has 2 aromatic rings. The van der Waals surface area contributed by atoms with Gasteiger partial charge in [0.2, 0.25) is 0 Å². The Balaban J connectivity index is 2.22. The van der Waals surface area contributed by atoms with E-state index in [2.05, 4.69) is 5.32 Å². The Kier molecular flexibility index (Phi) is 3.06. The maximum absolute atomic E-state index is 11.9. The zero-order valence-corrected chi connectivity index (χ0v) is 9.91. The van der Waals surface area contributed by atoms with Crippen molar-refractivity contribution in [3.05, 3.63) is 46.9 Å². The predicted octanol–water partition coefficient (Wildman–Crippen LogP) is 3.08. The molecule has 1 heterocycles. The van der Waals surface area contributed by atoms with Crippen LogP contribution in [0.5, 0.6) is 0 Å². The monoisotopic (exact) mass is 250 g/mol. The first-order valence-electron chi connectivity index (χ1n) is 4.98. The van der Waals surface area contributed by atoms with Crippen LogP contribution in [0.3, 0.4) is 0 Å². The molecule has 0 unspecified atom stereocenters. The van der Waals surface area contributed by atoms with Crippen LogP contribution in [0, 0.1) is 6.92 Å². The number of hydrogen-bond acceptors (Lipinski definition) is 3. The molecule has 0 saturated carbocycles. The molecule has 0 atom stereocenters. The number of aryl methyl sites for hydroxylation is 1. The average molecular weight is 251 g/mol. The van der Waals surface area contributed by atoms with Crippen LogP contribution in [0.25, 0.3) is 0 Å². The summed E-state index contributed by atoms with van der Waals surface area (Å²) in [5, 5.41) is 3.10. The zero-order chi connectivity index (χ0) is 12.4. The third-order valence-corrected chi connectivity index (χ3v) is 2.66. The number of nitrogens with one attached hydrogen (secondary N) is 1. The van der Waals surface area contributed by atoms with E-state index < -0.39 is 0 Å². The fourth-order valence-electron chi connectivity index (χ4n) is 1.44. The molecule has 88 valence electrons. The van der Waals surface area contributed by atoms with E-state index in [-0.39, 0.29) is 5.91 Å². The minimum absolute atomic E-state index is 0.261. The van der Waals surface area contributed by atoms with E-state index in [1.807, 2.05) is 0 Å². The van der Waals surface area contributed by atoms with E-state index in [0.717, 1.165) is 0 Å². The summed E-state index contributed by atoms with van der Waals surface area (Å²) < 4.78 is 5.06. The van der Waals surface area contributed by atoms with Gasteiger partial charge in [-0.3, -0.25) is 4.79 Å². The fraction of sp³-hybridized carbons (Fsp3) is 0.0833. The number of furan rings is 1. The number of nitrogen functional groups attached to an aromatic ring is 1. The predicted molar refractivity (Wildman–Crippen MR) is 67.3 cm³/mol. The van der Waals surface area contributed by atoms with Crippen LogP contribution in [0.15, 0.2) is 34.9 Å². The van der Waals surface area contributed by atoms with Crippen molar-refractivity contribution < 1.29 is 9.21 Å². The van der Waals surface area contributed by atoms with E-state index in [1.165, 1.54) is 6.26 Å². The Bertz CT molecular complexity index is 563. The molecule has 0 bridgehead atoms. The second kappa shape index (κ2) is 4.51. The summed E-state index contributed by atoms with van der Waals surface area (Å²) in [4.78, 5) is 11.9. The first-order chi connectivity index (χ1) is 8.08. The smallest absolute Gasteiger partial charge is 0.259 e. The molecule has 4 nitrogen and oxygen atoms in total. The zero-order valence-electron chi connectivity index (χ0n) is 9.16. The third-order valence-electron chi connectivity index (χ3n) is 2.34.